The van der Waals surface area contributed by atoms with Gasteiger partial charge in [0.25, 0.3) is 0 Å². The topological polar surface area (TPSA) is 92.4 Å². The first-order chi connectivity index (χ1) is 9.40. The Labute approximate surface area is 123 Å². The highest BCUT2D eigenvalue weighted by atomic mass is 35.5. The maximum Gasteiger partial charge on any atom is 0.303 e. The second-order valence-corrected chi connectivity index (χ2v) is 5.22. The molecule has 110 valence electrons. The van der Waals surface area contributed by atoms with E-state index in [1.54, 1.807) is 18.2 Å². The first kappa shape index (κ1) is 16.3. The number of nitrogens with two attached hydrogens (primary N) is 1. The fraction of sp³-hybridized carbons (Fsp3) is 0.429. The van der Waals surface area contributed by atoms with Gasteiger partial charge in [-0.1, -0.05) is 18.5 Å². The summed E-state index contributed by atoms with van der Waals surface area (Å²) < 4.78 is 0. The molecule has 0 heterocycles. The Morgan fingerprint density at radius 2 is 2.10 bits per heavy atom. The second kappa shape index (κ2) is 7.75. The third-order valence-corrected chi connectivity index (χ3v) is 3.36. The van der Waals surface area contributed by atoms with E-state index in [1.165, 1.54) is 0 Å². The lowest BCUT2D eigenvalue weighted by atomic mass is 10.0. The van der Waals surface area contributed by atoms with Crippen molar-refractivity contribution < 1.29 is 14.7 Å². The molecule has 5 nitrogen and oxygen atoms in total. The number of rotatable bonds is 8. The lowest BCUT2D eigenvalue weighted by molar-refractivity contribution is -0.137. The number of aliphatic carboxylic acids is 1. The largest absolute Gasteiger partial charge is 0.481 e. The van der Waals surface area contributed by atoms with E-state index in [4.69, 9.17) is 22.4 Å². The van der Waals surface area contributed by atoms with E-state index in [1.807, 2.05) is 6.92 Å². The van der Waals surface area contributed by atoms with Crippen molar-refractivity contribution in [3.63, 3.8) is 0 Å². The Hall–Kier alpha value is -1.75. The van der Waals surface area contributed by atoms with Crippen molar-refractivity contribution in [2.45, 2.75) is 26.2 Å². The molecule has 1 atom stereocenters. The van der Waals surface area contributed by atoms with Gasteiger partial charge in [-0.3, -0.25) is 9.59 Å². The lowest BCUT2D eigenvalue weighted by Gasteiger charge is -2.12. The summed E-state index contributed by atoms with van der Waals surface area (Å²) in [4.78, 5) is 21.5. The minimum Gasteiger partial charge on any atom is -0.481 e. The summed E-state index contributed by atoms with van der Waals surface area (Å²) in [5.41, 5.74) is 6.28. The van der Waals surface area contributed by atoms with Crippen LogP contribution in [0.2, 0.25) is 5.02 Å². The molecule has 6 heteroatoms. The number of amides is 1. The van der Waals surface area contributed by atoms with Gasteiger partial charge in [-0.05, 0) is 37.0 Å². The molecule has 1 aromatic rings. The zero-order valence-corrected chi connectivity index (χ0v) is 12.1. The normalized spacial score (nSPS) is 11.9. The lowest BCUT2D eigenvalue weighted by Crippen LogP contribution is -2.12. The van der Waals surface area contributed by atoms with Crippen LogP contribution in [0.4, 0.5) is 5.69 Å². The van der Waals surface area contributed by atoms with E-state index < -0.39 is 11.9 Å². The third kappa shape index (κ3) is 5.48. The summed E-state index contributed by atoms with van der Waals surface area (Å²) in [7, 11) is 0. The number of carboxylic acids is 1. The van der Waals surface area contributed by atoms with Crippen molar-refractivity contribution in [3.05, 3.63) is 28.8 Å². The Bertz CT molecular complexity index is 491. The number of nitrogens with one attached hydrogen (secondary N) is 1. The van der Waals surface area contributed by atoms with Crippen LogP contribution in [0.15, 0.2) is 18.2 Å². The maximum absolute atomic E-state index is 11.0. The Morgan fingerprint density at radius 1 is 1.40 bits per heavy atom. The number of carbonyl (C=O) groups is 2. The van der Waals surface area contributed by atoms with Gasteiger partial charge in [0.05, 0.1) is 10.6 Å². The van der Waals surface area contributed by atoms with Crippen molar-refractivity contribution in [2.75, 3.05) is 11.9 Å². The maximum atomic E-state index is 11.0. The molecule has 20 heavy (non-hydrogen) atoms. The van der Waals surface area contributed by atoms with Gasteiger partial charge in [0.2, 0.25) is 5.91 Å². The van der Waals surface area contributed by atoms with Gasteiger partial charge >= 0.3 is 5.97 Å². The summed E-state index contributed by atoms with van der Waals surface area (Å²) in [5.74, 6) is -0.985. The number of primary amides is 1. The van der Waals surface area contributed by atoms with Crippen LogP contribution in [0, 0.1) is 5.92 Å². The van der Waals surface area contributed by atoms with Crippen molar-refractivity contribution in [1.82, 2.24) is 0 Å². The average Bonchev–Trinajstić information content (AvgIpc) is 2.36. The fourth-order valence-electron chi connectivity index (χ4n) is 1.80. The summed E-state index contributed by atoms with van der Waals surface area (Å²) in [5, 5.41) is 12.1. The van der Waals surface area contributed by atoms with Gasteiger partial charge in [0, 0.05) is 18.7 Å². The Balaban J connectivity index is 2.41. The van der Waals surface area contributed by atoms with Crippen LogP contribution < -0.4 is 11.1 Å². The molecule has 0 spiro atoms. The molecule has 0 saturated carbocycles. The highest BCUT2D eigenvalue weighted by Gasteiger charge is 2.08. The molecule has 0 aromatic heterocycles. The Morgan fingerprint density at radius 3 is 2.65 bits per heavy atom. The molecule has 0 aliphatic rings. The average molecular weight is 299 g/mol. The molecule has 0 radical (unpaired) electrons. The highest BCUT2D eigenvalue weighted by Crippen LogP contribution is 2.21. The molecule has 1 aromatic carbocycles. The number of carbonyl (C=O) groups excluding carboxylic acids is 1. The molecule has 4 N–H and O–H groups in total. The highest BCUT2D eigenvalue weighted by molar-refractivity contribution is 6.34. The van der Waals surface area contributed by atoms with E-state index in [-0.39, 0.29) is 6.42 Å². The number of hydrogen-bond donors (Lipinski definition) is 3. The molecule has 1 amide bonds. The van der Waals surface area contributed by atoms with E-state index in [9.17, 15) is 9.59 Å². The second-order valence-electron chi connectivity index (χ2n) is 4.81. The van der Waals surface area contributed by atoms with Gasteiger partial charge in [-0.15, -0.1) is 0 Å². The molecule has 0 aliphatic heterocycles. The Kier molecular flexibility index (Phi) is 6.31. The number of benzene rings is 1. The molecule has 0 aliphatic carbocycles. The first-order valence-corrected chi connectivity index (χ1v) is 6.83. The quantitative estimate of drug-likeness (QED) is 0.688. The summed E-state index contributed by atoms with van der Waals surface area (Å²) >= 11 is 5.94. The molecule has 0 saturated heterocycles. The van der Waals surface area contributed by atoms with Crippen LogP contribution in [-0.4, -0.2) is 23.5 Å². The molecular formula is C14H19ClN2O3. The van der Waals surface area contributed by atoms with E-state index in [0.29, 0.717) is 29.5 Å². The van der Waals surface area contributed by atoms with Crippen molar-refractivity contribution in [2.24, 2.45) is 11.7 Å². The van der Waals surface area contributed by atoms with Crippen LogP contribution in [0.3, 0.4) is 0 Å². The van der Waals surface area contributed by atoms with Crippen LogP contribution in [0.25, 0.3) is 0 Å². The smallest absolute Gasteiger partial charge is 0.303 e. The number of carboxylic acid groups (broad SMARTS) is 1. The van der Waals surface area contributed by atoms with Gasteiger partial charge in [0.1, 0.15) is 0 Å². The summed E-state index contributed by atoms with van der Waals surface area (Å²) in [6.45, 7) is 2.74. The van der Waals surface area contributed by atoms with Crippen molar-refractivity contribution in [3.8, 4) is 0 Å². The third-order valence-electron chi connectivity index (χ3n) is 3.05. The number of halogens is 1. The predicted molar refractivity (Wildman–Crippen MR) is 79.1 cm³/mol. The zero-order chi connectivity index (χ0) is 15.1. The van der Waals surface area contributed by atoms with Crippen LogP contribution in [-0.2, 0) is 4.79 Å². The summed E-state index contributed by atoms with van der Waals surface area (Å²) in [6, 6.07) is 4.98. The predicted octanol–water partition coefficient (Wildman–Crippen LogP) is 2.74. The fourth-order valence-corrected chi connectivity index (χ4v) is 2.08. The first-order valence-electron chi connectivity index (χ1n) is 6.45. The minimum atomic E-state index is -0.765. The number of anilines is 1. The zero-order valence-electron chi connectivity index (χ0n) is 11.4. The molecule has 0 bridgehead atoms. The van der Waals surface area contributed by atoms with Crippen LogP contribution in [0.1, 0.15) is 36.5 Å². The monoisotopic (exact) mass is 298 g/mol. The van der Waals surface area contributed by atoms with Gasteiger partial charge in [-0.2, -0.15) is 0 Å². The van der Waals surface area contributed by atoms with Gasteiger partial charge < -0.3 is 16.2 Å². The standard InChI is InChI=1S/C14H19ClN2O3/c1-9(2-5-13(18)19)6-7-17-10-3-4-11(14(16)20)12(15)8-10/h3-4,8-9,17H,2,5-7H2,1H3,(H2,16,20)(H,18,19). The number of hydrogen-bond acceptors (Lipinski definition) is 3. The molecule has 1 unspecified atom stereocenters. The van der Waals surface area contributed by atoms with Crippen LogP contribution in [0.5, 0.6) is 0 Å². The van der Waals surface area contributed by atoms with Crippen molar-refractivity contribution in [1.29, 1.82) is 0 Å². The van der Waals surface area contributed by atoms with Gasteiger partial charge in [0.15, 0.2) is 0 Å². The SMILES string of the molecule is CC(CCNc1ccc(C(N)=O)c(Cl)c1)CCC(=O)O. The van der Waals surface area contributed by atoms with Crippen molar-refractivity contribution >= 4 is 29.2 Å². The van der Waals surface area contributed by atoms with Crippen LogP contribution >= 0.6 is 11.6 Å². The summed E-state index contributed by atoms with van der Waals surface area (Å²) in [6.07, 6.45) is 1.72. The molecule has 0 fully saturated rings. The van der Waals surface area contributed by atoms with E-state index in [2.05, 4.69) is 5.32 Å². The minimum absolute atomic E-state index is 0.195. The molecule has 1 rings (SSSR count). The molecular weight excluding hydrogens is 280 g/mol. The van der Waals surface area contributed by atoms with E-state index >= 15 is 0 Å². The van der Waals surface area contributed by atoms with E-state index in [0.717, 1.165) is 12.1 Å². The van der Waals surface area contributed by atoms with Gasteiger partial charge in [-0.25, -0.2) is 0 Å².